The molecule has 27 heavy (non-hydrogen) atoms. The van der Waals surface area contributed by atoms with E-state index >= 15 is 0 Å². The zero-order chi connectivity index (χ0) is 19.0. The molecule has 0 bridgehead atoms. The highest BCUT2D eigenvalue weighted by atomic mass is 19.1. The minimum atomic E-state index is -0.585. The molecule has 0 aliphatic heterocycles. The number of amides is 1. The number of nitrogens with zero attached hydrogens (tertiary/aromatic N) is 5. The van der Waals surface area contributed by atoms with Gasteiger partial charge in [-0.25, -0.2) is 13.9 Å². The number of nitrogens with two attached hydrogens (primary N) is 1. The van der Waals surface area contributed by atoms with Gasteiger partial charge < -0.3 is 11.1 Å². The molecule has 8 nitrogen and oxygen atoms in total. The van der Waals surface area contributed by atoms with Gasteiger partial charge in [0.1, 0.15) is 5.56 Å². The number of halogens is 1. The summed E-state index contributed by atoms with van der Waals surface area (Å²) in [5.41, 5.74) is 9.19. The van der Waals surface area contributed by atoms with Crippen LogP contribution in [-0.2, 0) is 0 Å². The summed E-state index contributed by atoms with van der Waals surface area (Å²) in [7, 11) is 0. The van der Waals surface area contributed by atoms with E-state index < -0.39 is 11.7 Å². The van der Waals surface area contributed by atoms with Crippen LogP contribution in [0.25, 0.3) is 16.8 Å². The third-order valence-corrected chi connectivity index (χ3v) is 4.09. The van der Waals surface area contributed by atoms with Crippen molar-refractivity contribution < 1.29 is 9.18 Å². The van der Waals surface area contributed by atoms with Gasteiger partial charge in [0.05, 0.1) is 24.3 Å². The van der Waals surface area contributed by atoms with Crippen molar-refractivity contribution >= 4 is 23.1 Å². The lowest BCUT2D eigenvalue weighted by Crippen LogP contribution is -2.15. The maximum absolute atomic E-state index is 13.3. The summed E-state index contributed by atoms with van der Waals surface area (Å²) in [6.07, 6.45) is 8.68. The Morgan fingerprint density at radius 2 is 1.93 bits per heavy atom. The molecule has 0 atom stereocenters. The number of pyridine rings is 2. The van der Waals surface area contributed by atoms with Crippen molar-refractivity contribution in [1.82, 2.24) is 24.6 Å². The monoisotopic (exact) mass is 363 g/mol. The van der Waals surface area contributed by atoms with Gasteiger partial charge in [-0.1, -0.05) is 0 Å². The summed E-state index contributed by atoms with van der Waals surface area (Å²) in [6.45, 7) is 1.95. The van der Waals surface area contributed by atoms with Gasteiger partial charge in [-0.05, 0) is 24.6 Å². The summed E-state index contributed by atoms with van der Waals surface area (Å²) in [5.74, 6) is -1.15. The van der Waals surface area contributed by atoms with E-state index in [1.807, 2.05) is 13.0 Å². The molecule has 0 aromatic carbocycles. The minimum Gasteiger partial charge on any atom is -0.381 e. The first-order valence-electron chi connectivity index (χ1n) is 8.00. The highest BCUT2D eigenvalue weighted by molar-refractivity contribution is 6.12. The SMILES string of the molecule is Cc1ccncc1-c1ccncc1NC(=O)c1c(N)nn2cc(F)cnc12. The zero-order valence-corrected chi connectivity index (χ0v) is 14.2. The van der Waals surface area contributed by atoms with E-state index in [2.05, 4.69) is 25.4 Å². The largest absolute Gasteiger partial charge is 0.381 e. The number of fused-ring (bicyclic) bond motifs is 1. The van der Waals surface area contributed by atoms with Gasteiger partial charge in [0.2, 0.25) is 0 Å². The van der Waals surface area contributed by atoms with E-state index in [0.29, 0.717) is 5.69 Å². The normalized spacial score (nSPS) is 10.9. The number of aryl methyl sites for hydroxylation is 1. The molecule has 4 aromatic rings. The maximum atomic E-state index is 13.3. The molecule has 134 valence electrons. The van der Waals surface area contributed by atoms with Crippen LogP contribution in [0.4, 0.5) is 15.9 Å². The van der Waals surface area contributed by atoms with E-state index in [0.717, 1.165) is 33.6 Å². The lowest BCUT2D eigenvalue weighted by atomic mass is 10.0. The molecule has 0 radical (unpaired) electrons. The molecule has 3 N–H and O–H groups in total. The zero-order valence-electron chi connectivity index (χ0n) is 14.2. The van der Waals surface area contributed by atoms with Gasteiger partial charge in [-0.15, -0.1) is 5.10 Å². The molecular weight excluding hydrogens is 349 g/mol. The van der Waals surface area contributed by atoms with Crippen LogP contribution >= 0.6 is 0 Å². The average molecular weight is 363 g/mol. The highest BCUT2D eigenvalue weighted by Gasteiger charge is 2.21. The van der Waals surface area contributed by atoms with Crippen LogP contribution in [0.1, 0.15) is 15.9 Å². The quantitative estimate of drug-likeness (QED) is 0.578. The van der Waals surface area contributed by atoms with Gasteiger partial charge in [0.25, 0.3) is 5.91 Å². The van der Waals surface area contributed by atoms with Crippen LogP contribution in [-0.4, -0.2) is 30.5 Å². The number of aromatic nitrogens is 5. The highest BCUT2D eigenvalue weighted by Crippen LogP contribution is 2.29. The summed E-state index contributed by atoms with van der Waals surface area (Å²) >= 11 is 0. The minimum absolute atomic E-state index is 0.0476. The molecule has 0 aliphatic rings. The summed E-state index contributed by atoms with van der Waals surface area (Å²) < 4.78 is 14.5. The molecule has 0 fully saturated rings. The first kappa shape index (κ1) is 16.6. The number of carbonyl (C=O) groups is 1. The van der Waals surface area contributed by atoms with Crippen molar-refractivity contribution in [3.63, 3.8) is 0 Å². The van der Waals surface area contributed by atoms with Gasteiger partial charge in [0, 0.05) is 29.7 Å². The standard InChI is InChI=1S/C18H14FN7O/c1-10-2-4-21-7-13(10)12-3-5-22-8-14(12)24-18(27)15-16(20)25-26-9-11(19)6-23-17(15)26/h2-9H,1H3,(H2,20,25)(H,24,27). The van der Waals surface area contributed by atoms with Gasteiger partial charge in [-0.3, -0.25) is 14.8 Å². The number of carbonyl (C=O) groups excluding carboxylic acids is 1. The van der Waals surface area contributed by atoms with E-state index in [9.17, 15) is 9.18 Å². The van der Waals surface area contributed by atoms with Crippen molar-refractivity contribution in [3.05, 3.63) is 66.3 Å². The van der Waals surface area contributed by atoms with E-state index in [4.69, 9.17) is 5.73 Å². The first-order valence-corrected chi connectivity index (χ1v) is 8.00. The predicted molar refractivity (Wildman–Crippen MR) is 97.5 cm³/mol. The number of nitrogens with one attached hydrogen (secondary N) is 1. The van der Waals surface area contributed by atoms with Crippen molar-refractivity contribution in [2.75, 3.05) is 11.1 Å². The van der Waals surface area contributed by atoms with Crippen LogP contribution in [0, 0.1) is 12.7 Å². The van der Waals surface area contributed by atoms with Crippen LogP contribution in [0.5, 0.6) is 0 Å². The molecule has 1 amide bonds. The van der Waals surface area contributed by atoms with Crippen LogP contribution < -0.4 is 11.1 Å². The third-order valence-electron chi connectivity index (χ3n) is 4.09. The second-order valence-corrected chi connectivity index (χ2v) is 5.87. The number of hydrogen-bond donors (Lipinski definition) is 2. The molecule has 0 saturated carbocycles. The second kappa shape index (κ2) is 6.45. The van der Waals surface area contributed by atoms with Crippen molar-refractivity contribution in [2.45, 2.75) is 6.92 Å². The van der Waals surface area contributed by atoms with Gasteiger partial charge in [0.15, 0.2) is 17.3 Å². The second-order valence-electron chi connectivity index (χ2n) is 5.87. The molecule has 0 spiro atoms. The molecule has 4 heterocycles. The summed E-state index contributed by atoms with van der Waals surface area (Å²) in [6, 6.07) is 3.66. The van der Waals surface area contributed by atoms with Crippen molar-refractivity contribution in [1.29, 1.82) is 0 Å². The Bertz CT molecular complexity index is 1170. The first-order chi connectivity index (χ1) is 13.0. The number of hydrogen-bond acceptors (Lipinski definition) is 6. The molecule has 0 unspecified atom stereocenters. The Morgan fingerprint density at radius 3 is 2.74 bits per heavy atom. The molecule has 0 aliphatic carbocycles. The topological polar surface area (TPSA) is 111 Å². The summed E-state index contributed by atoms with van der Waals surface area (Å²) in [5, 5.41) is 6.73. The van der Waals surface area contributed by atoms with Crippen molar-refractivity contribution in [2.24, 2.45) is 0 Å². The molecule has 0 saturated heterocycles. The summed E-state index contributed by atoms with van der Waals surface area (Å²) in [4.78, 5) is 25.0. The fourth-order valence-corrected chi connectivity index (χ4v) is 2.81. The van der Waals surface area contributed by atoms with Crippen molar-refractivity contribution in [3.8, 4) is 11.1 Å². The Hall–Kier alpha value is -3.88. The molecule has 9 heteroatoms. The van der Waals surface area contributed by atoms with Crippen LogP contribution in [0.15, 0.2) is 49.3 Å². The molecular formula is C18H14FN7O. The van der Waals surface area contributed by atoms with E-state index in [1.54, 1.807) is 24.7 Å². The third kappa shape index (κ3) is 2.95. The molecule has 4 rings (SSSR count). The Kier molecular flexibility index (Phi) is 3.96. The van der Waals surface area contributed by atoms with Crippen LogP contribution in [0.2, 0.25) is 0 Å². The lowest BCUT2D eigenvalue weighted by Gasteiger charge is -2.12. The number of rotatable bonds is 3. The number of nitrogen functional groups attached to an aromatic ring is 1. The van der Waals surface area contributed by atoms with E-state index in [-0.39, 0.29) is 17.0 Å². The van der Waals surface area contributed by atoms with E-state index in [1.165, 1.54) is 6.20 Å². The lowest BCUT2D eigenvalue weighted by molar-refractivity contribution is 0.102. The Morgan fingerprint density at radius 1 is 1.15 bits per heavy atom. The fraction of sp³-hybridized carbons (Fsp3) is 0.0556. The Labute approximate surface area is 152 Å². The maximum Gasteiger partial charge on any atom is 0.263 e. The average Bonchev–Trinajstić information content (AvgIpc) is 2.97. The fourth-order valence-electron chi connectivity index (χ4n) is 2.81. The molecule has 4 aromatic heterocycles. The Balaban J connectivity index is 1.75. The van der Waals surface area contributed by atoms with Gasteiger partial charge in [-0.2, -0.15) is 0 Å². The smallest absolute Gasteiger partial charge is 0.263 e. The predicted octanol–water partition coefficient (Wildman–Crippen LogP) is 2.47. The van der Waals surface area contributed by atoms with Gasteiger partial charge >= 0.3 is 0 Å². The number of anilines is 2. The van der Waals surface area contributed by atoms with Crippen LogP contribution in [0.3, 0.4) is 0 Å².